The Bertz CT molecular complexity index is 1750. The zero-order valence-corrected chi connectivity index (χ0v) is 36.2. The maximum atomic E-state index is 15.3. The van der Waals surface area contributed by atoms with Gasteiger partial charge in [0.25, 0.3) is 5.60 Å². The minimum Gasteiger partial charge on any atom is -0.463 e. The van der Waals surface area contributed by atoms with Crippen LogP contribution in [0, 0.1) is 40.9 Å². The molecule has 7 N–H and O–H groups in total. The number of aliphatic imine (C=N–C) groups is 1. The average molecular weight is 814 g/mol. The van der Waals surface area contributed by atoms with Crippen molar-refractivity contribution in [1.82, 2.24) is 26.6 Å². The van der Waals surface area contributed by atoms with Crippen LogP contribution >= 0.6 is 0 Å². The predicted octanol–water partition coefficient (Wildman–Crippen LogP) is 4.75. The standard InChI is InChI=1S/C47H71N7O5/c1-6-51-37-25-32-14-9-8-13-31(32)24-35(37)28-58-43(57)47-42(56)40-34(27-45(3)19-10-7-11-20-45)15-12-16-36(40)41(55)46(47,59-47)21-17-30(2)23-38(54-44(48)50-5)33-18-22-52-39(26-33)53-29-49-4/h7,9-11,14,17,19,25,31,33-40,49,51-53H,6,8,12-13,15-16,18,20-24,26-29H2,1-5H3,(H3,48,50,54)/t31-,33?,34?,35-,36?,37-,38+,39?,40?,45+,46-,47-/m0/s1. The average Bonchev–Trinajstić information content (AvgIpc) is 3.95. The van der Waals surface area contributed by atoms with Crippen LogP contribution in [0.1, 0.15) is 97.8 Å². The number of fused-ring (bicyclic) bond motifs is 3. The number of esters is 1. The van der Waals surface area contributed by atoms with E-state index in [-0.39, 0.29) is 60.1 Å². The highest BCUT2D eigenvalue weighted by Crippen LogP contribution is 2.63. The third kappa shape index (κ3) is 8.99. The molecule has 0 aromatic rings. The van der Waals surface area contributed by atoms with Crippen LogP contribution in [0.25, 0.3) is 0 Å². The van der Waals surface area contributed by atoms with Crippen LogP contribution in [-0.2, 0) is 23.9 Å². The van der Waals surface area contributed by atoms with Gasteiger partial charge in [0.15, 0.2) is 23.1 Å². The summed E-state index contributed by atoms with van der Waals surface area (Å²) >= 11 is 0. The van der Waals surface area contributed by atoms with E-state index in [4.69, 9.17) is 15.2 Å². The van der Waals surface area contributed by atoms with Crippen molar-refractivity contribution in [3.05, 3.63) is 59.8 Å². The van der Waals surface area contributed by atoms with Gasteiger partial charge in [-0.3, -0.25) is 19.9 Å². The van der Waals surface area contributed by atoms with Gasteiger partial charge in [-0.1, -0.05) is 74.4 Å². The van der Waals surface area contributed by atoms with Crippen molar-refractivity contribution in [3.8, 4) is 0 Å². The first kappa shape index (κ1) is 43.7. The molecule has 0 radical (unpaired) electrons. The second-order valence-electron chi connectivity index (χ2n) is 18.9. The van der Waals surface area contributed by atoms with E-state index in [1.54, 1.807) is 7.05 Å². The highest BCUT2D eigenvalue weighted by molar-refractivity contribution is 6.23. The lowest BCUT2D eigenvalue weighted by atomic mass is 9.55. The monoisotopic (exact) mass is 814 g/mol. The number of nitrogens with zero attached hydrogens (tertiary/aromatic N) is 1. The number of allylic oxidation sites excluding steroid dienone is 7. The number of nitrogens with two attached hydrogens (primary N) is 1. The molecule has 2 saturated carbocycles. The Morgan fingerprint density at radius 2 is 1.97 bits per heavy atom. The highest BCUT2D eigenvalue weighted by Gasteiger charge is 2.87. The van der Waals surface area contributed by atoms with Crippen LogP contribution in [0.15, 0.2) is 64.7 Å². The summed E-state index contributed by atoms with van der Waals surface area (Å²) in [7, 11) is 3.60. The number of carbonyl (C=O) groups is 3. The Hall–Kier alpha value is -3.42. The second kappa shape index (κ2) is 18.7. The summed E-state index contributed by atoms with van der Waals surface area (Å²) in [4.78, 5) is 49.3. The normalized spacial score (nSPS) is 38.5. The fourth-order valence-electron chi connectivity index (χ4n) is 11.6. The van der Waals surface area contributed by atoms with E-state index in [0.29, 0.717) is 37.3 Å². The van der Waals surface area contributed by atoms with Crippen LogP contribution in [0.3, 0.4) is 0 Å². The van der Waals surface area contributed by atoms with Gasteiger partial charge in [0.1, 0.15) is 0 Å². The first-order valence-corrected chi connectivity index (χ1v) is 22.6. The van der Waals surface area contributed by atoms with Gasteiger partial charge < -0.3 is 36.5 Å². The Balaban J connectivity index is 1.15. The summed E-state index contributed by atoms with van der Waals surface area (Å²) in [6.45, 7) is 8.90. The molecule has 324 valence electrons. The summed E-state index contributed by atoms with van der Waals surface area (Å²) in [5.74, 6) is -0.949. The van der Waals surface area contributed by atoms with E-state index >= 15 is 9.59 Å². The number of hydrogen-bond acceptors (Lipinski definition) is 10. The smallest absolute Gasteiger partial charge is 0.350 e. The molecule has 5 aliphatic carbocycles. The molecule has 12 nitrogen and oxygen atoms in total. The van der Waals surface area contributed by atoms with Crippen LogP contribution in [0.5, 0.6) is 0 Å². The van der Waals surface area contributed by atoms with E-state index in [9.17, 15) is 4.79 Å². The van der Waals surface area contributed by atoms with Gasteiger partial charge in [0.05, 0.1) is 12.8 Å². The van der Waals surface area contributed by atoms with E-state index in [1.807, 2.05) is 13.1 Å². The Morgan fingerprint density at radius 1 is 1.12 bits per heavy atom. The van der Waals surface area contributed by atoms with Crippen molar-refractivity contribution in [2.75, 3.05) is 40.5 Å². The van der Waals surface area contributed by atoms with Crippen LogP contribution in [-0.4, -0.2) is 93.4 Å². The van der Waals surface area contributed by atoms with Gasteiger partial charge in [0.2, 0.25) is 0 Å². The topological polar surface area (TPSA) is 171 Å². The van der Waals surface area contributed by atoms with Gasteiger partial charge in [-0.2, -0.15) is 0 Å². The minimum atomic E-state index is -1.93. The first-order chi connectivity index (χ1) is 28.5. The Labute approximate surface area is 352 Å². The highest BCUT2D eigenvalue weighted by atomic mass is 16.7. The van der Waals surface area contributed by atoms with Crippen molar-refractivity contribution in [2.24, 2.45) is 51.6 Å². The third-order valence-electron chi connectivity index (χ3n) is 14.8. The number of Topliss-reactive ketones (excluding diaryl/α,β-unsaturated/α-hetero) is 2. The number of hydrogen-bond donors (Lipinski definition) is 6. The van der Waals surface area contributed by atoms with Crippen molar-refractivity contribution in [2.45, 2.75) is 127 Å². The molecule has 0 spiro atoms. The van der Waals surface area contributed by atoms with E-state index in [2.05, 4.69) is 94.9 Å². The number of epoxide rings is 1. The number of rotatable bonds is 16. The maximum Gasteiger partial charge on any atom is 0.350 e. The largest absolute Gasteiger partial charge is 0.463 e. The van der Waals surface area contributed by atoms with Crippen molar-refractivity contribution in [3.63, 3.8) is 0 Å². The lowest BCUT2D eigenvalue weighted by molar-refractivity contribution is -0.161. The molecule has 0 amide bonds. The number of piperidine rings is 1. The zero-order valence-electron chi connectivity index (χ0n) is 36.2. The SMILES string of the molecule is CCN[C@H]1C=C2C=CCC[C@H]2C[C@H]1COC(=O)[C@]12O[C@@]1(CC=C(C)C[C@@H](NC(N)=NC)C1CCNC(NCNC)C1)C(=O)C1CCCC(C[C@]3(C)C=CC=CC3)C1C2=O. The summed E-state index contributed by atoms with van der Waals surface area (Å²) in [5, 5.41) is 17.3. The molecule has 0 aromatic carbocycles. The van der Waals surface area contributed by atoms with Gasteiger partial charge in [-0.05, 0) is 120 Å². The molecule has 12 atom stereocenters. The molecule has 12 heteroatoms. The summed E-state index contributed by atoms with van der Waals surface area (Å²) < 4.78 is 12.8. The van der Waals surface area contributed by atoms with Crippen LogP contribution < -0.4 is 32.3 Å². The number of guanidine groups is 1. The number of ether oxygens (including phenoxy) is 2. The first-order valence-electron chi connectivity index (χ1n) is 22.6. The fourth-order valence-corrected chi connectivity index (χ4v) is 11.6. The number of nitrogens with one attached hydrogen (secondary N) is 5. The minimum absolute atomic E-state index is 0.00473. The third-order valence-corrected chi connectivity index (χ3v) is 14.8. The number of ketones is 2. The van der Waals surface area contributed by atoms with Crippen LogP contribution in [0.2, 0.25) is 0 Å². The van der Waals surface area contributed by atoms with E-state index in [1.165, 1.54) is 5.57 Å². The van der Waals surface area contributed by atoms with E-state index < -0.39 is 29.0 Å². The van der Waals surface area contributed by atoms with Crippen molar-refractivity contribution < 1.29 is 23.9 Å². The number of likely N-dealkylation sites (N-methyl/N-ethyl adjacent to an activating group) is 1. The molecule has 7 rings (SSSR count). The Morgan fingerprint density at radius 3 is 2.73 bits per heavy atom. The molecular formula is C47H71N7O5. The molecule has 2 heterocycles. The second-order valence-corrected chi connectivity index (χ2v) is 18.9. The summed E-state index contributed by atoms with van der Waals surface area (Å²) in [6, 6.07) is 0.0430. The number of carbonyl (C=O) groups excluding carboxylic acids is 3. The van der Waals surface area contributed by atoms with Gasteiger partial charge >= 0.3 is 5.97 Å². The molecule has 0 bridgehead atoms. The van der Waals surface area contributed by atoms with Crippen LogP contribution in [0.4, 0.5) is 0 Å². The summed E-state index contributed by atoms with van der Waals surface area (Å²) in [5.41, 5.74) is 5.02. The summed E-state index contributed by atoms with van der Waals surface area (Å²) in [6.07, 6.45) is 27.2. The maximum absolute atomic E-state index is 15.3. The molecular weight excluding hydrogens is 743 g/mol. The molecule has 2 saturated heterocycles. The van der Waals surface area contributed by atoms with Crippen molar-refractivity contribution in [1.29, 1.82) is 0 Å². The predicted molar refractivity (Wildman–Crippen MR) is 232 cm³/mol. The molecule has 4 fully saturated rings. The quantitative estimate of drug-likeness (QED) is 0.0242. The Kier molecular flexibility index (Phi) is 13.8. The lowest BCUT2D eigenvalue weighted by Gasteiger charge is -2.44. The molecule has 59 heavy (non-hydrogen) atoms. The van der Waals surface area contributed by atoms with Gasteiger partial charge in [0, 0.05) is 50.0 Å². The fraction of sp³-hybridized carbons (Fsp3) is 0.702. The molecule has 7 aliphatic rings. The van der Waals surface area contributed by atoms with Gasteiger partial charge in [-0.25, -0.2) is 4.79 Å². The van der Waals surface area contributed by atoms with E-state index in [0.717, 1.165) is 76.5 Å². The lowest BCUT2D eigenvalue weighted by Crippen LogP contribution is -2.60. The van der Waals surface area contributed by atoms with Crippen molar-refractivity contribution >= 4 is 23.5 Å². The zero-order chi connectivity index (χ0) is 41.8. The molecule has 0 aromatic heterocycles. The molecule has 2 aliphatic heterocycles. The van der Waals surface area contributed by atoms with Gasteiger partial charge in [-0.15, -0.1) is 0 Å². The molecule has 5 unspecified atom stereocenters.